The molecule has 2 atom stereocenters. The highest BCUT2D eigenvalue weighted by molar-refractivity contribution is 5.94. The lowest BCUT2D eigenvalue weighted by Gasteiger charge is -2.21. The molecule has 0 aromatic carbocycles. The maximum absolute atomic E-state index is 11.7. The summed E-state index contributed by atoms with van der Waals surface area (Å²) in [5.74, 6) is -3.64. The summed E-state index contributed by atoms with van der Waals surface area (Å²) in [5, 5.41) is 12.8. The molecule has 114 valence electrons. The van der Waals surface area contributed by atoms with Gasteiger partial charge >= 0.3 is 5.97 Å². The topological polar surface area (TPSA) is 165 Å². The summed E-state index contributed by atoms with van der Waals surface area (Å²) < 4.78 is 0. The van der Waals surface area contributed by atoms with Gasteiger partial charge in [-0.15, -0.1) is 0 Å². The number of nitrogens with two attached hydrogens (primary N) is 2. The first-order valence-electron chi connectivity index (χ1n) is 5.99. The Balaban J connectivity index is 4.71. The Bertz CT molecular complexity index is 396. The van der Waals surface area contributed by atoms with Crippen LogP contribution in [0.3, 0.4) is 0 Å². The van der Waals surface area contributed by atoms with Gasteiger partial charge in [0.2, 0.25) is 17.7 Å². The van der Waals surface area contributed by atoms with Gasteiger partial charge in [0.05, 0.1) is 12.5 Å². The normalized spacial score (nSPS) is 13.4. The number of rotatable bonds is 8. The summed E-state index contributed by atoms with van der Waals surface area (Å²) in [7, 11) is 0. The van der Waals surface area contributed by atoms with Gasteiger partial charge in [-0.3, -0.25) is 19.2 Å². The minimum Gasteiger partial charge on any atom is -0.480 e. The Morgan fingerprint density at radius 3 is 2.10 bits per heavy atom. The maximum atomic E-state index is 11.7. The Morgan fingerprint density at radius 1 is 1.15 bits per heavy atom. The number of amides is 3. The maximum Gasteiger partial charge on any atom is 0.322 e. The van der Waals surface area contributed by atoms with Crippen LogP contribution < -0.4 is 22.1 Å². The smallest absolute Gasteiger partial charge is 0.322 e. The molecule has 2 unspecified atom stereocenters. The van der Waals surface area contributed by atoms with Crippen molar-refractivity contribution >= 4 is 23.7 Å². The highest BCUT2D eigenvalue weighted by Gasteiger charge is 2.26. The van der Waals surface area contributed by atoms with E-state index in [1.54, 1.807) is 13.8 Å². The Morgan fingerprint density at radius 2 is 1.70 bits per heavy atom. The summed E-state index contributed by atoms with van der Waals surface area (Å²) in [6.45, 7) is 2.82. The van der Waals surface area contributed by atoms with E-state index in [1.807, 2.05) is 0 Å². The molecular formula is C11H20N4O5. The minimum atomic E-state index is -1.25. The predicted molar refractivity (Wildman–Crippen MR) is 69.2 cm³/mol. The molecule has 0 rings (SSSR count). The van der Waals surface area contributed by atoms with Crippen molar-refractivity contribution in [3.05, 3.63) is 0 Å². The molecule has 0 aromatic heterocycles. The van der Waals surface area contributed by atoms with E-state index in [2.05, 4.69) is 10.6 Å². The first-order valence-corrected chi connectivity index (χ1v) is 5.99. The Labute approximate surface area is 116 Å². The molecule has 0 aliphatic rings. The molecule has 7 N–H and O–H groups in total. The largest absolute Gasteiger partial charge is 0.480 e. The first kappa shape index (κ1) is 17.8. The van der Waals surface area contributed by atoms with Crippen molar-refractivity contribution in [2.24, 2.45) is 17.4 Å². The lowest BCUT2D eigenvalue weighted by molar-refractivity contribution is -0.138. The van der Waals surface area contributed by atoms with Crippen molar-refractivity contribution in [3.63, 3.8) is 0 Å². The van der Waals surface area contributed by atoms with Crippen LogP contribution in [0.1, 0.15) is 20.3 Å². The lowest BCUT2D eigenvalue weighted by atomic mass is 10.0. The van der Waals surface area contributed by atoms with Crippen LogP contribution in [0.5, 0.6) is 0 Å². The van der Waals surface area contributed by atoms with Crippen LogP contribution in [0.25, 0.3) is 0 Å². The second-order valence-corrected chi connectivity index (χ2v) is 4.61. The molecule has 9 nitrogen and oxygen atoms in total. The summed E-state index contributed by atoms with van der Waals surface area (Å²) in [6, 6.07) is -2.10. The average molecular weight is 288 g/mol. The van der Waals surface area contributed by atoms with Gasteiger partial charge in [-0.2, -0.15) is 0 Å². The molecule has 20 heavy (non-hydrogen) atoms. The highest BCUT2D eigenvalue weighted by Crippen LogP contribution is 2.00. The van der Waals surface area contributed by atoms with Crippen molar-refractivity contribution in [2.45, 2.75) is 32.4 Å². The Hall–Kier alpha value is -2.16. The van der Waals surface area contributed by atoms with Crippen LogP contribution in [0.15, 0.2) is 0 Å². The van der Waals surface area contributed by atoms with Crippen molar-refractivity contribution in [1.82, 2.24) is 10.6 Å². The molecule has 0 saturated carbocycles. The monoisotopic (exact) mass is 288 g/mol. The number of primary amides is 1. The van der Waals surface area contributed by atoms with Crippen molar-refractivity contribution in [1.29, 1.82) is 0 Å². The summed E-state index contributed by atoms with van der Waals surface area (Å²) in [5.41, 5.74) is 10.6. The van der Waals surface area contributed by atoms with Crippen LogP contribution >= 0.6 is 0 Å². The van der Waals surface area contributed by atoms with Crippen molar-refractivity contribution in [2.75, 3.05) is 6.54 Å². The van der Waals surface area contributed by atoms with Crippen molar-refractivity contribution < 1.29 is 24.3 Å². The molecule has 0 fully saturated rings. The van der Waals surface area contributed by atoms with Crippen molar-refractivity contribution in [3.8, 4) is 0 Å². The number of hydrogen-bond acceptors (Lipinski definition) is 5. The van der Waals surface area contributed by atoms with E-state index in [9.17, 15) is 19.2 Å². The minimum absolute atomic E-state index is 0.161. The lowest BCUT2D eigenvalue weighted by Crippen LogP contribution is -2.54. The van der Waals surface area contributed by atoms with E-state index >= 15 is 0 Å². The zero-order valence-corrected chi connectivity index (χ0v) is 11.4. The number of aliphatic carboxylic acids is 1. The van der Waals surface area contributed by atoms with Gasteiger partial charge in [-0.25, -0.2) is 0 Å². The van der Waals surface area contributed by atoms with Gasteiger partial charge in [0.15, 0.2) is 0 Å². The Kier molecular flexibility index (Phi) is 7.22. The van der Waals surface area contributed by atoms with Crippen LogP contribution in [-0.2, 0) is 19.2 Å². The molecule has 0 saturated heterocycles. The number of carbonyl (C=O) groups is 4. The number of nitrogens with one attached hydrogen (secondary N) is 2. The fourth-order valence-corrected chi connectivity index (χ4v) is 1.27. The van der Waals surface area contributed by atoms with E-state index in [4.69, 9.17) is 16.6 Å². The van der Waals surface area contributed by atoms with E-state index in [-0.39, 0.29) is 5.92 Å². The molecule has 0 aliphatic heterocycles. The van der Waals surface area contributed by atoms with Crippen LogP contribution in [0.2, 0.25) is 0 Å². The van der Waals surface area contributed by atoms with E-state index in [0.29, 0.717) is 0 Å². The molecule has 0 radical (unpaired) electrons. The summed E-state index contributed by atoms with van der Waals surface area (Å²) in [4.78, 5) is 44.6. The number of carbonyl (C=O) groups excluding carboxylic acids is 3. The van der Waals surface area contributed by atoms with E-state index in [1.165, 1.54) is 0 Å². The standard InChI is InChI=1S/C11H20N4O5/c1-5(2)9(13)11(20)15-6(3-7(12)16)10(19)14-4-8(17)18/h5-6,9H,3-4,13H2,1-2H3,(H2,12,16)(H,14,19)(H,15,20)(H,17,18). The molecule has 0 bridgehead atoms. The molecule has 0 aromatic rings. The van der Waals surface area contributed by atoms with Crippen LogP contribution in [0, 0.1) is 5.92 Å². The average Bonchev–Trinajstić information content (AvgIpc) is 2.33. The fraction of sp³-hybridized carbons (Fsp3) is 0.636. The SMILES string of the molecule is CC(C)C(N)C(=O)NC(CC(N)=O)C(=O)NCC(=O)O. The third-order valence-electron chi connectivity index (χ3n) is 2.47. The summed E-state index contributed by atoms with van der Waals surface area (Å²) in [6.07, 6.45) is -0.442. The number of carboxylic acid groups (broad SMARTS) is 1. The van der Waals surface area contributed by atoms with Gasteiger partial charge in [0.25, 0.3) is 0 Å². The fourth-order valence-electron chi connectivity index (χ4n) is 1.27. The third kappa shape index (κ3) is 6.69. The highest BCUT2D eigenvalue weighted by atomic mass is 16.4. The van der Waals surface area contributed by atoms with Gasteiger partial charge in [-0.05, 0) is 5.92 Å². The van der Waals surface area contributed by atoms with Gasteiger partial charge < -0.3 is 27.2 Å². The molecule has 9 heteroatoms. The number of carboxylic acids is 1. The zero-order chi connectivity index (χ0) is 15.9. The molecular weight excluding hydrogens is 268 g/mol. The van der Waals surface area contributed by atoms with Crippen LogP contribution in [-0.4, -0.2) is 47.4 Å². The molecule has 3 amide bonds. The zero-order valence-electron chi connectivity index (χ0n) is 11.4. The molecule has 0 heterocycles. The van der Waals surface area contributed by atoms with Gasteiger partial charge in [0.1, 0.15) is 12.6 Å². The molecule has 0 aliphatic carbocycles. The first-order chi connectivity index (χ1) is 9.15. The second-order valence-electron chi connectivity index (χ2n) is 4.61. The van der Waals surface area contributed by atoms with Gasteiger partial charge in [0, 0.05) is 0 Å². The van der Waals surface area contributed by atoms with Crippen LogP contribution in [0.4, 0.5) is 0 Å². The quantitative estimate of drug-likeness (QED) is 0.332. The third-order valence-corrected chi connectivity index (χ3v) is 2.47. The second kappa shape index (κ2) is 8.10. The molecule has 0 spiro atoms. The van der Waals surface area contributed by atoms with E-state index < -0.39 is 48.7 Å². The summed E-state index contributed by atoms with van der Waals surface area (Å²) >= 11 is 0. The van der Waals surface area contributed by atoms with Gasteiger partial charge in [-0.1, -0.05) is 13.8 Å². The van der Waals surface area contributed by atoms with E-state index in [0.717, 1.165) is 0 Å². The predicted octanol–water partition coefficient (Wildman–Crippen LogP) is -2.47. The number of hydrogen-bond donors (Lipinski definition) is 5.